The highest BCUT2D eigenvalue weighted by molar-refractivity contribution is 5.32. The van der Waals surface area contributed by atoms with Crippen LogP contribution in [0.3, 0.4) is 0 Å². The predicted octanol–water partition coefficient (Wildman–Crippen LogP) is 3.62. The maximum absolute atomic E-state index is 12.9. The smallest absolute Gasteiger partial charge is 0.226 e. The van der Waals surface area contributed by atoms with E-state index in [4.69, 9.17) is 0 Å². The normalized spacial score (nSPS) is 12.5. The first-order valence-corrected chi connectivity index (χ1v) is 6.70. The van der Waals surface area contributed by atoms with E-state index in [1.165, 1.54) is 12.1 Å². The monoisotopic (exact) mass is 274 g/mol. The fraction of sp³-hybridized carbons (Fsp3) is 0.400. The fourth-order valence-corrected chi connectivity index (χ4v) is 1.85. The Hall–Kier alpha value is -2.04. The van der Waals surface area contributed by atoms with Crippen LogP contribution in [0.1, 0.15) is 49.9 Å². The molecular weight excluding hydrogens is 255 g/mol. The third kappa shape index (κ3) is 3.50. The van der Waals surface area contributed by atoms with Gasteiger partial charge in [0.2, 0.25) is 5.95 Å². The number of nitrogens with zero attached hydrogens (tertiary/aromatic N) is 3. The molecule has 0 aliphatic carbocycles. The van der Waals surface area contributed by atoms with Gasteiger partial charge in [-0.3, -0.25) is 0 Å². The molecule has 0 aliphatic rings. The number of halogens is 1. The van der Waals surface area contributed by atoms with Crippen molar-refractivity contribution in [2.45, 2.75) is 39.7 Å². The van der Waals surface area contributed by atoms with Crippen molar-refractivity contribution in [1.82, 2.24) is 15.0 Å². The predicted molar refractivity (Wildman–Crippen MR) is 77.1 cm³/mol. The number of nitrogens with one attached hydrogen (secondary N) is 1. The summed E-state index contributed by atoms with van der Waals surface area (Å²) in [6.45, 7) is 7.92. The summed E-state index contributed by atoms with van der Waals surface area (Å²) >= 11 is 0. The van der Waals surface area contributed by atoms with E-state index in [0.29, 0.717) is 11.8 Å². The van der Waals surface area contributed by atoms with Crippen molar-refractivity contribution >= 4 is 5.95 Å². The number of rotatable bonds is 4. The second-order valence-electron chi connectivity index (χ2n) is 5.14. The first kappa shape index (κ1) is 14.4. The highest BCUT2D eigenvalue weighted by Gasteiger charge is 2.11. The topological polar surface area (TPSA) is 50.7 Å². The average Bonchev–Trinajstić information content (AvgIpc) is 2.38. The average molecular weight is 274 g/mol. The lowest BCUT2D eigenvalue weighted by molar-refractivity contribution is 0.626. The van der Waals surface area contributed by atoms with E-state index in [2.05, 4.69) is 20.3 Å². The molecule has 4 nitrogen and oxygen atoms in total. The number of benzene rings is 1. The van der Waals surface area contributed by atoms with Gasteiger partial charge in [-0.2, -0.15) is 9.97 Å². The van der Waals surface area contributed by atoms with Gasteiger partial charge in [0.25, 0.3) is 0 Å². The summed E-state index contributed by atoms with van der Waals surface area (Å²) in [6, 6.07) is 6.41. The minimum atomic E-state index is -0.237. The highest BCUT2D eigenvalue weighted by Crippen LogP contribution is 2.18. The molecule has 0 aliphatic heterocycles. The number of aryl methyl sites for hydroxylation is 1. The molecule has 2 aromatic rings. The SMILES string of the molecule is Cc1nc(NC(C)c2ccc(F)cc2)nc(C(C)C)n1. The maximum Gasteiger partial charge on any atom is 0.226 e. The van der Waals surface area contributed by atoms with Gasteiger partial charge in [-0.25, -0.2) is 9.37 Å². The Bertz CT molecular complexity index is 581. The Morgan fingerprint density at radius 2 is 1.65 bits per heavy atom. The van der Waals surface area contributed by atoms with Crippen molar-refractivity contribution in [2.75, 3.05) is 5.32 Å². The van der Waals surface area contributed by atoms with Gasteiger partial charge in [-0.05, 0) is 31.5 Å². The Balaban J connectivity index is 2.18. The number of anilines is 1. The van der Waals surface area contributed by atoms with Crippen LogP contribution in [-0.4, -0.2) is 15.0 Å². The summed E-state index contributed by atoms with van der Waals surface area (Å²) in [7, 11) is 0. The molecule has 0 spiro atoms. The minimum absolute atomic E-state index is 0.00240. The van der Waals surface area contributed by atoms with Crippen LogP contribution >= 0.6 is 0 Å². The molecule has 1 aromatic heterocycles. The fourth-order valence-electron chi connectivity index (χ4n) is 1.85. The molecule has 0 amide bonds. The largest absolute Gasteiger partial charge is 0.348 e. The van der Waals surface area contributed by atoms with E-state index in [9.17, 15) is 4.39 Å². The van der Waals surface area contributed by atoms with Gasteiger partial charge in [0.15, 0.2) is 0 Å². The van der Waals surface area contributed by atoms with Crippen molar-refractivity contribution in [3.05, 3.63) is 47.3 Å². The van der Waals surface area contributed by atoms with Gasteiger partial charge in [0, 0.05) is 5.92 Å². The summed E-state index contributed by atoms with van der Waals surface area (Å²) in [4.78, 5) is 13.0. The van der Waals surface area contributed by atoms with Crippen LogP contribution in [0.25, 0.3) is 0 Å². The summed E-state index contributed by atoms with van der Waals surface area (Å²) < 4.78 is 12.9. The van der Waals surface area contributed by atoms with Crippen LogP contribution in [0.5, 0.6) is 0 Å². The van der Waals surface area contributed by atoms with E-state index in [1.807, 2.05) is 27.7 Å². The molecular formula is C15H19FN4. The number of hydrogen-bond acceptors (Lipinski definition) is 4. The molecule has 1 unspecified atom stereocenters. The highest BCUT2D eigenvalue weighted by atomic mass is 19.1. The molecule has 1 aromatic carbocycles. The van der Waals surface area contributed by atoms with E-state index in [0.717, 1.165) is 11.4 Å². The number of aromatic nitrogens is 3. The molecule has 20 heavy (non-hydrogen) atoms. The molecule has 0 bridgehead atoms. The van der Waals surface area contributed by atoms with Gasteiger partial charge in [0.05, 0.1) is 6.04 Å². The van der Waals surface area contributed by atoms with E-state index < -0.39 is 0 Å². The lowest BCUT2D eigenvalue weighted by Gasteiger charge is -2.15. The zero-order chi connectivity index (χ0) is 14.7. The minimum Gasteiger partial charge on any atom is -0.348 e. The second kappa shape index (κ2) is 5.94. The van der Waals surface area contributed by atoms with Gasteiger partial charge in [-0.1, -0.05) is 26.0 Å². The Kier molecular flexibility index (Phi) is 4.27. The van der Waals surface area contributed by atoms with Gasteiger partial charge in [-0.15, -0.1) is 0 Å². The maximum atomic E-state index is 12.9. The number of hydrogen-bond donors (Lipinski definition) is 1. The van der Waals surface area contributed by atoms with Crippen LogP contribution < -0.4 is 5.32 Å². The standard InChI is InChI=1S/C15H19FN4/c1-9(2)14-18-11(4)19-15(20-14)17-10(3)12-5-7-13(16)8-6-12/h5-10H,1-4H3,(H,17,18,19,20). The zero-order valence-electron chi connectivity index (χ0n) is 12.2. The van der Waals surface area contributed by atoms with Crippen LogP contribution in [0, 0.1) is 12.7 Å². The van der Waals surface area contributed by atoms with Crippen LogP contribution in [-0.2, 0) is 0 Å². The molecule has 1 heterocycles. The lowest BCUT2D eigenvalue weighted by atomic mass is 10.1. The van der Waals surface area contributed by atoms with Crippen molar-refractivity contribution < 1.29 is 4.39 Å². The van der Waals surface area contributed by atoms with Crippen LogP contribution in [0.4, 0.5) is 10.3 Å². The van der Waals surface area contributed by atoms with Crippen molar-refractivity contribution in [3.63, 3.8) is 0 Å². The molecule has 106 valence electrons. The molecule has 0 radical (unpaired) electrons. The molecule has 1 atom stereocenters. The first-order valence-electron chi connectivity index (χ1n) is 6.70. The second-order valence-corrected chi connectivity index (χ2v) is 5.14. The van der Waals surface area contributed by atoms with Crippen molar-refractivity contribution in [3.8, 4) is 0 Å². The van der Waals surface area contributed by atoms with E-state index in [1.54, 1.807) is 12.1 Å². The van der Waals surface area contributed by atoms with Crippen molar-refractivity contribution in [2.24, 2.45) is 0 Å². The summed E-state index contributed by atoms with van der Waals surface area (Å²) in [5.74, 6) is 2.03. The third-order valence-electron chi connectivity index (χ3n) is 3.00. The molecule has 0 saturated heterocycles. The molecule has 1 N–H and O–H groups in total. The lowest BCUT2D eigenvalue weighted by Crippen LogP contribution is -2.13. The summed E-state index contributed by atoms with van der Waals surface area (Å²) in [5.41, 5.74) is 0.982. The van der Waals surface area contributed by atoms with Gasteiger partial charge < -0.3 is 5.32 Å². The Labute approximate surface area is 118 Å². The summed E-state index contributed by atoms with van der Waals surface area (Å²) in [5, 5.41) is 3.23. The summed E-state index contributed by atoms with van der Waals surface area (Å²) in [6.07, 6.45) is 0. The van der Waals surface area contributed by atoms with Crippen molar-refractivity contribution in [1.29, 1.82) is 0 Å². The van der Waals surface area contributed by atoms with Gasteiger partial charge in [0.1, 0.15) is 17.5 Å². The van der Waals surface area contributed by atoms with E-state index in [-0.39, 0.29) is 17.8 Å². The van der Waals surface area contributed by atoms with Crippen LogP contribution in [0.2, 0.25) is 0 Å². The third-order valence-corrected chi connectivity index (χ3v) is 3.00. The Morgan fingerprint density at radius 3 is 2.25 bits per heavy atom. The molecule has 5 heteroatoms. The first-order chi connectivity index (χ1) is 9.45. The zero-order valence-corrected chi connectivity index (χ0v) is 12.2. The Morgan fingerprint density at radius 1 is 1.00 bits per heavy atom. The quantitative estimate of drug-likeness (QED) is 0.925. The van der Waals surface area contributed by atoms with Gasteiger partial charge >= 0.3 is 0 Å². The molecule has 0 saturated carbocycles. The van der Waals surface area contributed by atoms with E-state index >= 15 is 0 Å². The van der Waals surface area contributed by atoms with Crippen LogP contribution in [0.15, 0.2) is 24.3 Å². The molecule has 0 fully saturated rings. The molecule has 2 rings (SSSR count).